The highest BCUT2D eigenvalue weighted by molar-refractivity contribution is 6.00. The predicted molar refractivity (Wildman–Crippen MR) is 80.4 cm³/mol. The summed E-state index contributed by atoms with van der Waals surface area (Å²) in [5.41, 5.74) is 5.76. The molecule has 0 aromatic heterocycles. The topological polar surface area (TPSA) is 133 Å². The van der Waals surface area contributed by atoms with Crippen molar-refractivity contribution in [3.63, 3.8) is 0 Å². The van der Waals surface area contributed by atoms with Crippen LogP contribution in [-0.2, 0) is 20.8 Å². The van der Waals surface area contributed by atoms with Crippen LogP contribution in [0.5, 0.6) is 11.5 Å². The van der Waals surface area contributed by atoms with Crippen molar-refractivity contribution in [2.45, 2.75) is 25.3 Å². The Morgan fingerprint density at radius 3 is 2.65 bits per heavy atom. The van der Waals surface area contributed by atoms with E-state index >= 15 is 0 Å². The highest BCUT2D eigenvalue weighted by Gasteiger charge is 2.34. The second-order valence-corrected chi connectivity index (χ2v) is 5.36. The minimum absolute atomic E-state index is 0.128. The monoisotopic (exact) mass is 321 g/mol. The number of carbonyl (C=O) groups is 3. The van der Waals surface area contributed by atoms with Gasteiger partial charge in [0.15, 0.2) is 11.5 Å². The van der Waals surface area contributed by atoms with Gasteiger partial charge in [0.25, 0.3) is 0 Å². The molecule has 0 spiro atoms. The van der Waals surface area contributed by atoms with Crippen molar-refractivity contribution in [3.05, 3.63) is 23.8 Å². The molecule has 0 saturated carbocycles. The summed E-state index contributed by atoms with van der Waals surface area (Å²) in [5.74, 6) is -2.02. The van der Waals surface area contributed by atoms with E-state index in [1.807, 2.05) is 0 Å². The summed E-state index contributed by atoms with van der Waals surface area (Å²) in [6, 6.07) is 3.31. The molecule has 1 saturated heterocycles. The van der Waals surface area contributed by atoms with Crippen molar-refractivity contribution < 1.29 is 24.6 Å². The van der Waals surface area contributed by atoms with E-state index in [4.69, 9.17) is 5.73 Å². The Morgan fingerprint density at radius 2 is 2.00 bits per heavy atom. The fourth-order valence-electron chi connectivity index (χ4n) is 2.58. The predicted octanol–water partition coefficient (Wildman–Crippen LogP) is -0.767. The molecular weight excluding hydrogens is 302 g/mol. The van der Waals surface area contributed by atoms with Gasteiger partial charge >= 0.3 is 0 Å². The minimum Gasteiger partial charge on any atom is -0.504 e. The van der Waals surface area contributed by atoms with Crippen LogP contribution in [-0.4, -0.2) is 52.0 Å². The first-order chi connectivity index (χ1) is 10.9. The molecule has 8 nitrogen and oxygen atoms in total. The number of likely N-dealkylation sites (tertiary alicyclic amines) is 1. The summed E-state index contributed by atoms with van der Waals surface area (Å²) in [7, 11) is 0. The lowest BCUT2D eigenvalue weighted by Crippen LogP contribution is -2.49. The lowest BCUT2D eigenvalue weighted by atomic mass is 10.1. The largest absolute Gasteiger partial charge is 0.504 e. The maximum absolute atomic E-state index is 12.1. The van der Waals surface area contributed by atoms with Crippen molar-refractivity contribution in [1.82, 2.24) is 10.2 Å². The van der Waals surface area contributed by atoms with E-state index < -0.39 is 17.9 Å². The van der Waals surface area contributed by atoms with Crippen LogP contribution in [0.2, 0.25) is 0 Å². The van der Waals surface area contributed by atoms with Gasteiger partial charge in [-0.15, -0.1) is 0 Å². The number of rotatable bonds is 4. The molecule has 1 aliphatic heterocycles. The number of hydrogen-bond donors (Lipinski definition) is 4. The van der Waals surface area contributed by atoms with Crippen LogP contribution in [0.4, 0.5) is 0 Å². The second-order valence-electron chi connectivity index (χ2n) is 5.36. The van der Waals surface area contributed by atoms with Crippen molar-refractivity contribution in [2.75, 3.05) is 13.1 Å². The molecule has 23 heavy (non-hydrogen) atoms. The van der Waals surface area contributed by atoms with E-state index in [2.05, 4.69) is 5.32 Å². The number of imide groups is 1. The Labute approximate surface area is 132 Å². The number of phenolic OH excluding ortho intramolecular Hbond substituents is 2. The fourth-order valence-corrected chi connectivity index (χ4v) is 2.58. The number of nitrogens with zero attached hydrogens (tertiary/aromatic N) is 1. The first kappa shape index (κ1) is 16.8. The van der Waals surface area contributed by atoms with Crippen LogP contribution in [0.1, 0.15) is 18.4 Å². The molecule has 124 valence electrons. The van der Waals surface area contributed by atoms with E-state index in [9.17, 15) is 24.6 Å². The van der Waals surface area contributed by atoms with Crippen LogP contribution < -0.4 is 11.1 Å². The lowest BCUT2D eigenvalue weighted by molar-refractivity contribution is -0.140. The molecule has 0 unspecified atom stereocenters. The van der Waals surface area contributed by atoms with Crippen molar-refractivity contribution in [1.29, 1.82) is 0 Å². The summed E-state index contributed by atoms with van der Waals surface area (Å²) in [6.45, 7) is 0.276. The second kappa shape index (κ2) is 7.10. The van der Waals surface area contributed by atoms with Gasteiger partial charge in [0.05, 0.1) is 13.0 Å². The van der Waals surface area contributed by atoms with Gasteiger partial charge in [-0.1, -0.05) is 6.07 Å². The summed E-state index contributed by atoms with van der Waals surface area (Å²) in [6.07, 6.45) is 1.05. The molecule has 8 heteroatoms. The Bertz CT molecular complexity index is 632. The van der Waals surface area contributed by atoms with Gasteiger partial charge in [-0.3, -0.25) is 19.7 Å². The highest BCUT2D eigenvalue weighted by atomic mass is 16.3. The first-order valence-corrected chi connectivity index (χ1v) is 7.26. The van der Waals surface area contributed by atoms with E-state index in [1.54, 1.807) is 0 Å². The van der Waals surface area contributed by atoms with Crippen LogP contribution >= 0.6 is 0 Å². The summed E-state index contributed by atoms with van der Waals surface area (Å²) < 4.78 is 0. The van der Waals surface area contributed by atoms with Crippen molar-refractivity contribution in [3.8, 4) is 11.5 Å². The van der Waals surface area contributed by atoms with E-state index in [0.717, 1.165) is 0 Å². The van der Waals surface area contributed by atoms with Crippen LogP contribution in [0.25, 0.3) is 0 Å². The van der Waals surface area contributed by atoms with E-state index in [0.29, 0.717) is 24.9 Å². The molecular formula is C15H19N3O5. The molecule has 0 bridgehead atoms. The Kier molecular flexibility index (Phi) is 5.17. The lowest BCUT2D eigenvalue weighted by Gasteiger charge is -2.23. The van der Waals surface area contributed by atoms with Crippen molar-refractivity contribution >= 4 is 17.7 Å². The molecule has 2 rings (SSSR count). The maximum Gasteiger partial charge on any atom is 0.249 e. The van der Waals surface area contributed by atoms with Crippen molar-refractivity contribution in [2.24, 2.45) is 5.73 Å². The van der Waals surface area contributed by atoms with E-state index in [1.165, 1.54) is 23.1 Å². The molecule has 0 aliphatic carbocycles. The zero-order valence-electron chi connectivity index (χ0n) is 12.5. The highest BCUT2D eigenvalue weighted by Crippen LogP contribution is 2.25. The average Bonchev–Trinajstić information content (AvgIpc) is 2.99. The Hall–Kier alpha value is -2.61. The number of nitrogens with one attached hydrogen (secondary N) is 1. The standard InChI is InChI=1S/C15H19N3O5/c16-8-14(22)18-5-1-2-10(18)15(23)17-13(21)7-9-3-4-11(19)12(20)6-9/h3-4,6,10,19-20H,1-2,5,7-8,16H2,(H,17,21,23)/t10-/m0/s1. The molecule has 1 aliphatic rings. The molecule has 5 N–H and O–H groups in total. The van der Waals surface area contributed by atoms with Gasteiger partial charge < -0.3 is 20.8 Å². The number of carbonyl (C=O) groups excluding carboxylic acids is 3. The maximum atomic E-state index is 12.1. The Morgan fingerprint density at radius 1 is 1.26 bits per heavy atom. The number of amides is 3. The minimum atomic E-state index is -0.678. The molecule has 1 fully saturated rings. The third kappa shape index (κ3) is 3.98. The third-order valence-corrected chi connectivity index (χ3v) is 3.72. The van der Waals surface area contributed by atoms with Crippen LogP contribution in [0.3, 0.4) is 0 Å². The normalized spacial score (nSPS) is 17.1. The van der Waals surface area contributed by atoms with Gasteiger partial charge in [0.2, 0.25) is 17.7 Å². The average molecular weight is 321 g/mol. The molecule has 0 radical (unpaired) electrons. The molecule has 3 amide bonds. The quantitative estimate of drug-likeness (QED) is 0.538. The number of phenols is 2. The molecule has 1 aromatic rings. The first-order valence-electron chi connectivity index (χ1n) is 7.26. The SMILES string of the molecule is NCC(=O)N1CCC[C@H]1C(=O)NC(=O)Cc1ccc(O)c(O)c1. The van der Waals surface area contributed by atoms with Gasteiger partial charge in [0, 0.05) is 6.54 Å². The number of aromatic hydroxyl groups is 2. The van der Waals surface area contributed by atoms with E-state index in [-0.39, 0.29) is 30.4 Å². The van der Waals surface area contributed by atoms with Gasteiger partial charge in [-0.25, -0.2) is 0 Å². The van der Waals surface area contributed by atoms with Gasteiger partial charge in [-0.05, 0) is 30.5 Å². The number of nitrogens with two attached hydrogens (primary N) is 1. The summed E-state index contributed by atoms with van der Waals surface area (Å²) >= 11 is 0. The molecule has 1 aromatic carbocycles. The number of hydrogen-bond acceptors (Lipinski definition) is 6. The van der Waals surface area contributed by atoms with Crippen LogP contribution in [0.15, 0.2) is 18.2 Å². The zero-order chi connectivity index (χ0) is 17.0. The molecule has 1 atom stereocenters. The fraction of sp³-hybridized carbons (Fsp3) is 0.400. The Balaban J connectivity index is 1.95. The number of benzene rings is 1. The molecule has 1 heterocycles. The smallest absolute Gasteiger partial charge is 0.249 e. The zero-order valence-corrected chi connectivity index (χ0v) is 12.5. The van der Waals surface area contributed by atoms with Crippen LogP contribution in [0, 0.1) is 0 Å². The third-order valence-electron chi connectivity index (χ3n) is 3.72. The van der Waals surface area contributed by atoms with Gasteiger partial charge in [0.1, 0.15) is 6.04 Å². The van der Waals surface area contributed by atoms with Gasteiger partial charge in [-0.2, -0.15) is 0 Å². The summed E-state index contributed by atoms with van der Waals surface area (Å²) in [5, 5.41) is 20.9. The summed E-state index contributed by atoms with van der Waals surface area (Å²) in [4.78, 5) is 37.1.